The van der Waals surface area contributed by atoms with E-state index in [2.05, 4.69) is 66.7 Å². The van der Waals surface area contributed by atoms with Crippen LogP contribution in [0, 0.1) is 0 Å². The van der Waals surface area contributed by atoms with Gasteiger partial charge in [0.25, 0.3) is 0 Å². The van der Waals surface area contributed by atoms with Crippen LogP contribution in [0.25, 0.3) is 22.3 Å². The molecule has 0 atom stereocenters. The van der Waals surface area contributed by atoms with Crippen LogP contribution in [0.2, 0.25) is 0 Å². The number of rotatable bonds is 2. The molecule has 0 saturated heterocycles. The summed E-state index contributed by atoms with van der Waals surface area (Å²) in [5.41, 5.74) is 5.25. The molecular weight excluding hydrogens is 520 g/mol. The fourth-order valence-electron chi connectivity index (χ4n) is 2.99. The van der Waals surface area contributed by atoms with Gasteiger partial charge in [-0.3, -0.25) is 0 Å². The van der Waals surface area contributed by atoms with Gasteiger partial charge < -0.3 is 64.7 Å². The molecule has 0 aliphatic rings. The van der Waals surface area contributed by atoms with Crippen molar-refractivity contribution < 1.29 is 55.9 Å². The van der Waals surface area contributed by atoms with Crippen molar-refractivity contribution in [2.45, 2.75) is 0 Å². The summed E-state index contributed by atoms with van der Waals surface area (Å²) in [6, 6.07) is 53.4. The quantitative estimate of drug-likeness (QED) is 0.151. The van der Waals surface area contributed by atoms with Gasteiger partial charge in [-0.25, -0.2) is 36.4 Å². The van der Waals surface area contributed by atoms with Crippen LogP contribution in [-0.4, -0.2) is 0 Å². The van der Waals surface area contributed by atoms with Crippen LogP contribution in [0.3, 0.4) is 0 Å². The molecule has 33 heavy (non-hydrogen) atoms. The summed E-state index contributed by atoms with van der Waals surface area (Å²) in [6.07, 6.45) is 0. The third kappa shape index (κ3) is 11.5. The van der Waals surface area contributed by atoms with Crippen molar-refractivity contribution in [3.8, 4) is 22.3 Å². The Bertz CT molecular complexity index is 898. The minimum atomic E-state index is 0. The van der Waals surface area contributed by atoms with Crippen LogP contribution in [0.5, 0.6) is 0 Å². The van der Waals surface area contributed by atoms with Gasteiger partial charge in [-0.1, -0.05) is 12.1 Å². The van der Waals surface area contributed by atoms with Crippen LogP contribution < -0.4 is 0 Å². The van der Waals surface area contributed by atoms with Gasteiger partial charge in [0.1, 0.15) is 0 Å². The molecule has 0 N–H and O–H groups in total. The SMILES string of the molecule is [Fe].[Fe].[Ti].c1cc[c-](-[c-]2[cH-][cH-][cH-][c-]2-[c-]2cccc2)c1.c1cc[cH-]c1.c1cc[cH-]c1.c1cc[cH-]c1. The van der Waals surface area contributed by atoms with Crippen molar-refractivity contribution in [1.82, 2.24) is 0 Å². The van der Waals surface area contributed by atoms with Crippen LogP contribution in [-0.2, 0) is 55.9 Å². The summed E-state index contributed by atoms with van der Waals surface area (Å²) >= 11 is 0. The van der Waals surface area contributed by atoms with E-state index in [0.717, 1.165) is 0 Å². The van der Waals surface area contributed by atoms with Crippen LogP contribution in [0.1, 0.15) is 0 Å². The van der Waals surface area contributed by atoms with Gasteiger partial charge in [0.2, 0.25) is 0 Å². The first-order valence-electron chi connectivity index (χ1n) is 10.1. The molecule has 0 saturated carbocycles. The Morgan fingerprint density at radius 2 is 0.667 bits per heavy atom. The summed E-state index contributed by atoms with van der Waals surface area (Å²) in [5.74, 6) is 0. The second-order valence-electron chi connectivity index (χ2n) is 6.59. The molecule has 0 aromatic heterocycles. The Morgan fingerprint density at radius 1 is 0.394 bits per heavy atom. The Labute approximate surface area is 234 Å². The Kier molecular flexibility index (Phi) is 18.1. The summed E-state index contributed by atoms with van der Waals surface area (Å²) in [5, 5.41) is 0. The fourth-order valence-corrected chi connectivity index (χ4v) is 2.99. The van der Waals surface area contributed by atoms with Gasteiger partial charge in [-0.15, -0.1) is 0 Å². The zero-order chi connectivity index (χ0) is 20.7. The van der Waals surface area contributed by atoms with Crippen LogP contribution in [0.15, 0.2) is 158 Å². The summed E-state index contributed by atoms with van der Waals surface area (Å²) in [6.45, 7) is 0. The maximum atomic E-state index is 2.18. The van der Waals surface area contributed by atoms with Crippen molar-refractivity contribution in [2.24, 2.45) is 0 Å². The molecule has 6 aromatic rings. The van der Waals surface area contributed by atoms with E-state index in [9.17, 15) is 0 Å². The van der Waals surface area contributed by atoms with Crippen molar-refractivity contribution in [2.75, 3.05) is 0 Å². The predicted octanol–water partition coefficient (Wildman–Crippen LogP) is 8.39. The standard InChI is InChI=1S/C15H11.3C5H5.2Fe.Ti/c1-2-7-12(6-1)14-10-5-11-15(14)13-8-3-4-9-13;3*1-2-4-5-3-1;;;/h1-11H;3*1-5H;;;/q-7;3*-1;;;. The van der Waals surface area contributed by atoms with Crippen LogP contribution in [0.4, 0.5) is 0 Å². The zero-order valence-corrected chi connectivity index (χ0v) is 22.0. The largest absolute Gasteiger partial charge is 0.609 e. The van der Waals surface area contributed by atoms with Crippen molar-refractivity contribution in [3.05, 3.63) is 158 Å². The van der Waals surface area contributed by atoms with Gasteiger partial charge in [-0.05, 0) is 0 Å². The molecule has 6 aromatic carbocycles. The zero-order valence-electron chi connectivity index (χ0n) is 18.2. The van der Waals surface area contributed by atoms with E-state index in [1.54, 1.807) is 0 Å². The van der Waals surface area contributed by atoms with E-state index in [1.165, 1.54) is 22.3 Å². The van der Waals surface area contributed by atoms with Crippen LogP contribution >= 0.6 is 0 Å². The van der Waals surface area contributed by atoms with E-state index in [0.29, 0.717) is 0 Å². The van der Waals surface area contributed by atoms with E-state index in [1.807, 2.05) is 91.0 Å². The molecule has 0 aliphatic heterocycles. The molecule has 0 fully saturated rings. The first-order chi connectivity index (χ1) is 14.9. The molecule has 176 valence electrons. The molecule has 0 radical (unpaired) electrons. The van der Waals surface area contributed by atoms with Gasteiger partial charge in [0.15, 0.2) is 0 Å². The van der Waals surface area contributed by atoms with Crippen molar-refractivity contribution >= 4 is 0 Å². The average molecular weight is 546 g/mol. The van der Waals surface area contributed by atoms with Crippen molar-refractivity contribution in [3.63, 3.8) is 0 Å². The first kappa shape index (κ1) is 30.9. The minimum Gasteiger partial charge on any atom is -0.609 e. The second-order valence-corrected chi connectivity index (χ2v) is 6.59. The Hall–Kier alpha value is -2.15. The molecule has 0 bridgehead atoms. The van der Waals surface area contributed by atoms with E-state index < -0.39 is 0 Å². The molecule has 0 amide bonds. The maximum Gasteiger partial charge on any atom is 0 e. The van der Waals surface area contributed by atoms with Gasteiger partial charge in [0.05, 0.1) is 0 Å². The molecule has 0 spiro atoms. The normalized spacial score (nSPS) is 8.48. The fraction of sp³-hybridized carbons (Fsp3) is 0. The molecule has 0 nitrogen and oxygen atoms in total. The number of hydrogen-bond acceptors (Lipinski definition) is 0. The average Bonchev–Trinajstić information content (AvgIpc) is 3.68. The Balaban J connectivity index is 0.000000474. The third-order valence-corrected chi connectivity index (χ3v) is 4.43. The number of hydrogen-bond donors (Lipinski definition) is 0. The van der Waals surface area contributed by atoms with Crippen molar-refractivity contribution in [1.29, 1.82) is 0 Å². The monoisotopic (exact) mass is 546 g/mol. The van der Waals surface area contributed by atoms with E-state index in [-0.39, 0.29) is 55.9 Å². The first-order valence-corrected chi connectivity index (χ1v) is 10.1. The molecule has 0 unspecified atom stereocenters. The topological polar surface area (TPSA) is 0 Å². The van der Waals surface area contributed by atoms with Gasteiger partial charge in [-0.2, -0.15) is 66.7 Å². The molecule has 6 rings (SSSR count). The molecule has 3 heteroatoms. The smallest absolute Gasteiger partial charge is 0 e. The summed E-state index contributed by atoms with van der Waals surface area (Å²) in [4.78, 5) is 0. The Morgan fingerprint density at radius 3 is 0.879 bits per heavy atom. The van der Waals surface area contributed by atoms with E-state index in [4.69, 9.17) is 0 Å². The van der Waals surface area contributed by atoms with Gasteiger partial charge >= 0.3 is 0 Å². The van der Waals surface area contributed by atoms with E-state index >= 15 is 0 Å². The predicted molar refractivity (Wildman–Crippen MR) is 130 cm³/mol. The third-order valence-electron chi connectivity index (χ3n) is 4.43. The summed E-state index contributed by atoms with van der Waals surface area (Å²) in [7, 11) is 0. The second kappa shape index (κ2) is 19.3. The van der Waals surface area contributed by atoms with Gasteiger partial charge in [0, 0.05) is 55.9 Å². The summed E-state index contributed by atoms with van der Waals surface area (Å²) < 4.78 is 0. The molecule has 0 heterocycles. The molecule has 0 aliphatic carbocycles. The maximum absolute atomic E-state index is 2.18. The molecular formula is C30H26Fe2Ti-10. The minimum absolute atomic E-state index is 0.